The van der Waals surface area contributed by atoms with Crippen LogP contribution in [0.5, 0.6) is 0 Å². The van der Waals surface area contributed by atoms with Crippen molar-refractivity contribution in [2.45, 2.75) is 4.90 Å². The summed E-state index contributed by atoms with van der Waals surface area (Å²) < 4.78 is 41.5. The van der Waals surface area contributed by atoms with Gasteiger partial charge in [-0.15, -0.1) is 0 Å². The second-order valence-corrected chi connectivity index (χ2v) is 7.86. The predicted molar refractivity (Wildman–Crippen MR) is 88.5 cm³/mol. The lowest BCUT2D eigenvalue weighted by molar-refractivity contribution is 0.570. The number of nitrogens with two attached hydrogens (primary N) is 1. The summed E-state index contributed by atoms with van der Waals surface area (Å²) in [5.74, 6) is -0.920. The summed E-state index contributed by atoms with van der Waals surface area (Å²) in [6.45, 7) is 0. The Kier molecular flexibility index (Phi) is 4.82. The molecule has 0 aliphatic heterocycles. The molecule has 0 bridgehead atoms. The Bertz CT molecular complexity index is 815. The van der Waals surface area contributed by atoms with Gasteiger partial charge < -0.3 is 5.73 Å². The molecule has 3 N–H and O–H groups in total. The molecule has 0 radical (unpaired) electrons. The minimum Gasteiger partial charge on any atom is -0.398 e. The second kappa shape index (κ2) is 6.12. The van der Waals surface area contributed by atoms with Gasteiger partial charge in [0.25, 0.3) is 10.0 Å². The first-order valence-electron chi connectivity index (χ1n) is 5.43. The Hall–Kier alpha value is -0.830. The van der Waals surface area contributed by atoms with Crippen LogP contribution in [-0.4, -0.2) is 8.42 Å². The highest BCUT2D eigenvalue weighted by Gasteiger charge is 2.21. The summed E-state index contributed by atoms with van der Waals surface area (Å²) in [7, 11) is -4.14. The molecule has 0 aliphatic rings. The smallest absolute Gasteiger partial charge is 0.264 e. The predicted octanol–water partition coefficient (Wildman–Crippen LogP) is 4.39. The molecule has 2 aromatic rings. The van der Waals surface area contributed by atoms with E-state index in [1.165, 1.54) is 12.1 Å². The zero-order chi connectivity index (χ0) is 15.8. The molecule has 4 nitrogen and oxygen atoms in total. The van der Waals surface area contributed by atoms with E-state index in [9.17, 15) is 12.8 Å². The van der Waals surface area contributed by atoms with Crippen LogP contribution in [0.25, 0.3) is 0 Å². The highest BCUT2D eigenvalue weighted by molar-refractivity contribution is 9.10. The van der Waals surface area contributed by atoms with Crippen molar-refractivity contribution in [3.8, 4) is 0 Å². The molecule has 0 aromatic heterocycles. The number of hydrogen-bond acceptors (Lipinski definition) is 3. The van der Waals surface area contributed by atoms with Crippen LogP contribution >= 0.6 is 43.5 Å². The van der Waals surface area contributed by atoms with Gasteiger partial charge in [0.1, 0.15) is 10.7 Å². The van der Waals surface area contributed by atoms with Crippen molar-refractivity contribution < 1.29 is 12.8 Å². The maximum Gasteiger partial charge on any atom is 0.264 e. The van der Waals surface area contributed by atoms with Crippen molar-refractivity contribution in [2.75, 3.05) is 10.5 Å². The fourth-order valence-electron chi connectivity index (χ4n) is 1.52. The number of hydrogen-bond donors (Lipinski definition) is 2. The Morgan fingerprint density at radius 1 is 1.19 bits per heavy atom. The third-order valence-corrected chi connectivity index (χ3v) is 5.39. The molecule has 0 amide bonds. The van der Waals surface area contributed by atoms with Crippen LogP contribution in [0.4, 0.5) is 15.8 Å². The van der Waals surface area contributed by atoms with Gasteiger partial charge in [0.2, 0.25) is 0 Å². The van der Waals surface area contributed by atoms with Gasteiger partial charge in [0, 0.05) is 14.6 Å². The third kappa shape index (κ3) is 3.68. The SMILES string of the molecule is Nc1cc(S(=O)(=O)Nc2ccc(Br)cc2Cl)c(F)cc1Br. The number of nitrogen functional groups attached to an aromatic ring is 1. The Morgan fingerprint density at radius 2 is 1.86 bits per heavy atom. The van der Waals surface area contributed by atoms with Gasteiger partial charge in [-0.05, 0) is 46.3 Å². The van der Waals surface area contributed by atoms with Crippen LogP contribution in [0, 0.1) is 5.82 Å². The van der Waals surface area contributed by atoms with Crippen molar-refractivity contribution in [3.05, 3.63) is 50.1 Å². The maximum atomic E-state index is 13.8. The average molecular weight is 459 g/mol. The zero-order valence-electron chi connectivity index (χ0n) is 10.2. The van der Waals surface area contributed by atoms with Crippen molar-refractivity contribution >= 4 is 64.9 Å². The molecule has 2 rings (SSSR count). The van der Waals surface area contributed by atoms with E-state index < -0.39 is 20.7 Å². The number of anilines is 2. The van der Waals surface area contributed by atoms with Crippen LogP contribution in [0.1, 0.15) is 0 Å². The number of halogens is 4. The molecule has 0 unspecified atom stereocenters. The molecular weight excluding hydrogens is 450 g/mol. The van der Waals surface area contributed by atoms with Gasteiger partial charge in [-0.1, -0.05) is 27.5 Å². The Balaban J connectivity index is 2.46. The van der Waals surface area contributed by atoms with E-state index in [-0.39, 0.29) is 20.9 Å². The van der Waals surface area contributed by atoms with Crippen LogP contribution in [-0.2, 0) is 10.0 Å². The van der Waals surface area contributed by atoms with E-state index in [1.807, 2.05) is 0 Å². The summed E-state index contributed by atoms with van der Waals surface area (Å²) >= 11 is 12.2. The normalized spacial score (nSPS) is 11.4. The van der Waals surface area contributed by atoms with Gasteiger partial charge in [0.05, 0.1) is 10.7 Å². The molecule has 2 aromatic carbocycles. The van der Waals surface area contributed by atoms with Crippen molar-refractivity contribution in [1.29, 1.82) is 0 Å². The van der Waals surface area contributed by atoms with Gasteiger partial charge in [0.15, 0.2) is 0 Å². The lowest BCUT2D eigenvalue weighted by Gasteiger charge is -2.11. The summed E-state index contributed by atoms with van der Waals surface area (Å²) in [6, 6.07) is 6.62. The molecule has 0 aliphatic carbocycles. The Labute approximate surface area is 142 Å². The molecular formula is C12H8Br2ClFN2O2S. The number of benzene rings is 2. The van der Waals surface area contributed by atoms with Gasteiger partial charge in [-0.2, -0.15) is 0 Å². The maximum absolute atomic E-state index is 13.8. The van der Waals surface area contributed by atoms with Gasteiger partial charge in [-0.3, -0.25) is 4.72 Å². The van der Waals surface area contributed by atoms with Crippen molar-refractivity contribution in [3.63, 3.8) is 0 Å². The molecule has 21 heavy (non-hydrogen) atoms. The van der Waals surface area contributed by atoms with E-state index in [4.69, 9.17) is 17.3 Å². The standard InChI is InChI=1S/C12H8Br2ClFN2O2S/c13-6-1-2-11(8(15)3-6)18-21(19,20)12-5-10(17)7(14)4-9(12)16/h1-5,18H,17H2. The van der Waals surface area contributed by atoms with E-state index >= 15 is 0 Å². The summed E-state index contributed by atoms with van der Waals surface area (Å²) in [6.07, 6.45) is 0. The minimum atomic E-state index is -4.14. The monoisotopic (exact) mass is 456 g/mol. The molecule has 0 saturated heterocycles. The lowest BCUT2D eigenvalue weighted by Crippen LogP contribution is -2.15. The quantitative estimate of drug-likeness (QED) is 0.671. The van der Waals surface area contributed by atoms with Gasteiger partial charge in [-0.25, -0.2) is 12.8 Å². The number of rotatable bonds is 3. The average Bonchev–Trinajstić information content (AvgIpc) is 2.37. The van der Waals surface area contributed by atoms with E-state index in [0.29, 0.717) is 4.47 Å². The fourth-order valence-corrected chi connectivity index (χ4v) is 3.79. The van der Waals surface area contributed by atoms with Crippen LogP contribution < -0.4 is 10.5 Å². The minimum absolute atomic E-state index is 0.110. The first kappa shape index (κ1) is 16.5. The van der Waals surface area contributed by atoms with Crippen LogP contribution in [0.15, 0.2) is 44.2 Å². The highest BCUT2D eigenvalue weighted by Crippen LogP contribution is 2.30. The topological polar surface area (TPSA) is 72.2 Å². The summed E-state index contributed by atoms with van der Waals surface area (Å²) in [5, 5.41) is 0.179. The first-order chi connectivity index (χ1) is 9.70. The highest BCUT2D eigenvalue weighted by atomic mass is 79.9. The van der Waals surface area contributed by atoms with Gasteiger partial charge >= 0.3 is 0 Å². The van der Waals surface area contributed by atoms with E-state index in [1.54, 1.807) is 6.07 Å². The molecule has 0 spiro atoms. The molecule has 9 heteroatoms. The number of sulfonamides is 1. The van der Waals surface area contributed by atoms with Crippen LogP contribution in [0.2, 0.25) is 5.02 Å². The molecule has 0 saturated carbocycles. The largest absolute Gasteiger partial charge is 0.398 e. The van der Waals surface area contributed by atoms with E-state index in [2.05, 4.69) is 36.6 Å². The number of nitrogens with one attached hydrogen (secondary N) is 1. The summed E-state index contributed by atoms with van der Waals surface area (Å²) in [5.41, 5.74) is 5.84. The first-order valence-corrected chi connectivity index (χ1v) is 8.88. The molecule has 0 fully saturated rings. The summed E-state index contributed by atoms with van der Waals surface area (Å²) in [4.78, 5) is -0.554. The van der Waals surface area contributed by atoms with Crippen molar-refractivity contribution in [2.24, 2.45) is 0 Å². The molecule has 112 valence electrons. The van der Waals surface area contributed by atoms with Crippen LogP contribution in [0.3, 0.4) is 0 Å². The lowest BCUT2D eigenvalue weighted by atomic mass is 10.3. The Morgan fingerprint density at radius 3 is 2.48 bits per heavy atom. The fraction of sp³-hybridized carbons (Fsp3) is 0. The van der Waals surface area contributed by atoms with Crippen molar-refractivity contribution in [1.82, 2.24) is 0 Å². The third-order valence-electron chi connectivity index (χ3n) is 2.52. The molecule has 0 heterocycles. The van der Waals surface area contributed by atoms with E-state index in [0.717, 1.165) is 12.1 Å². The zero-order valence-corrected chi connectivity index (χ0v) is 14.9. The second-order valence-electron chi connectivity index (χ2n) is 4.03. The molecule has 0 atom stereocenters.